The Morgan fingerprint density at radius 1 is 1.18 bits per heavy atom. The molecular formula is C22H29N3O2S. The number of amides is 2. The quantitative estimate of drug-likeness (QED) is 0.723. The van der Waals surface area contributed by atoms with Crippen LogP contribution in [0.4, 0.5) is 11.4 Å². The topological polar surface area (TPSA) is 61.4 Å². The van der Waals surface area contributed by atoms with E-state index in [1.165, 1.54) is 6.42 Å². The third-order valence-corrected chi connectivity index (χ3v) is 6.00. The number of piperidine rings is 1. The fourth-order valence-corrected chi connectivity index (χ4v) is 4.09. The van der Waals surface area contributed by atoms with Crippen LogP contribution in [0.3, 0.4) is 0 Å². The summed E-state index contributed by atoms with van der Waals surface area (Å²) in [5.41, 5.74) is 2.25. The van der Waals surface area contributed by atoms with E-state index in [1.54, 1.807) is 11.3 Å². The van der Waals surface area contributed by atoms with Crippen molar-refractivity contribution in [3.8, 4) is 0 Å². The second-order valence-electron chi connectivity index (χ2n) is 7.37. The Balaban J connectivity index is 1.80. The lowest BCUT2D eigenvalue weighted by Gasteiger charge is -2.31. The molecular weight excluding hydrogens is 370 g/mol. The molecule has 0 radical (unpaired) electrons. The van der Waals surface area contributed by atoms with Crippen molar-refractivity contribution in [3.63, 3.8) is 0 Å². The third kappa shape index (κ3) is 5.35. The monoisotopic (exact) mass is 399 g/mol. The van der Waals surface area contributed by atoms with Gasteiger partial charge in [0.05, 0.1) is 12.0 Å². The molecule has 28 heavy (non-hydrogen) atoms. The van der Waals surface area contributed by atoms with Gasteiger partial charge in [-0.3, -0.25) is 9.59 Å². The van der Waals surface area contributed by atoms with Gasteiger partial charge >= 0.3 is 0 Å². The van der Waals surface area contributed by atoms with E-state index in [2.05, 4.69) is 22.5 Å². The second kappa shape index (κ2) is 9.73. The van der Waals surface area contributed by atoms with Gasteiger partial charge in [0.2, 0.25) is 5.91 Å². The molecule has 6 heteroatoms. The van der Waals surface area contributed by atoms with E-state index in [1.807, 2.05) is 42.6 Å². The summed E-state index contributed by atoms with van der Waals surface area (Å²) in [6.07, 6.45) is 4.75. The molecule has 2 amide bonds. The van der Waals surface area contributed by atoms with Crippen LogP contribution >= 0.6 is 11.3 Å². The van der Waals surface area contributed by atoms with E-state index < -0.39 is 0 Å². The van der Waals surface area contributed by atoms with Gasteiger partial charge in [-0.1, -0.05) is 13.0 Å². The van der Waals surface area contributed by atoms with Gasteiger partial charge in [-0.05, 0) is 62.3 Å². The third-order valence-electron chi connectivity index (χ3n) is 5.13. The highest BCUT2D eigenvalue weighted by Gasteiger charge is 2.20. The Hall–Kier alpha value is -2.34. The molecule has 1 aromatic heterocycles. The number of nitrogens with zero attached hydrogens (tertiary/aromatic N) is 1. The van der Waals surface area contributed by atoms with Gasteiger partial charge in [0.1, 0.15) is 0 Å². The first-order valence-corrected chi connectivity index (χ1v) is 11.0. The Morgan fingerprint density at radius 3 is 2.64 bits per heavy atom. The molecule has 0 bridgehead atoms. The van der Waals surface area contributed by atoms with Crippen molar-refractivity contribution in [1.29, 1.82) is 0 Å². The highest BCUT2D eigenvalue weighted by molar-refractivity contribution is 7.10. The first-order valence-electron chi connectivity index (χ1n) is 10.1. The van der Waals surface area contributed by atoms with E-state index in [4.69, 9.17) is 0 Å². The minimum atomic E-state index is -0.0794. The number of anilines is 2. The maximum atomic E-state index is 12.9. The Morgan fingerprint density at radius 2 is 1.96 bits per heavy atom. The van der Waals surface area contributed by atoms with Crippen LogP contribution in [0.15, 0.2) is 35.7 Å². The van der Waals surface area contributed by atoms with Crippen LogP contribution in [0.2, 0.25) is 0 Å². The molecule has 0 saturated carbocycles. The molecule has 1 aliphatic heterocycles. The highest BCUT2D eigenvalue weighted by Crippen LogP contribution is 2.27. The van der Waals surface area contributed by atoms with Gasteiger partial charge in [-0.2, -0.15) is 0 Å². The second-order valence-corrected chi connectivity index (χ2v) is 8.40. The lowest BCUT2D eigenvalue weighted by atomic mass is 10.1. The van der Waals surface area contributed by atoms with Crippen molar-refractivity contribution >= 4 is 34.5 Å². The number of benzene rings is 1. The number of hydrogen-bond donors (Lipinski definition) is 2. The summed E-state index contributed by atoms with van der Waals surface area (Å²) in [6, 6.07) is 9.69. The number of rotatable bonds is 7. The SMILES string of the molecule is CC[C@@H](C)NC(=O)c1cc(NC(=O)Cc2cccs2)ccc1N1CCCCC1. The first-order chi connectivity index (χ1) is 13.6. The number of nitrogens with one attached hydrogen (secondary N) is 2. The number of carbonyl (C=O) groups excluding carboxylic acids is 2. The van der Waals surface area contributed by atoms with Crippen molar-refractivity contribution in [3.05, 3.63) is 46.2 Å². The number of carbonyl (C=O) groups is 2. The molecule has 0 spiro atoms. The number of hydrogen-bond acceptors (Lipinski definition) is 4. The van der Waals surface area contributed by atoms with Crippen molar-refractivity contribution in [2.24, 2.45) is 0 Å². The zero-order valence-electron chi connectivity index (χ0n) is 16.7. The fraction of sp³-hybridized carbons (Fsp3) is 0.455. The predicted molar refractivity (Wildman–Crippen MR) is 116 cm³/mol. The largest absolute Gasteiger partial charge is 0.371 e. The summed E-state index contributed by atoms with van der Waals surface area (Å²) in [7, 11) is 0. The van der Waals surface area contributed by atoms with E-state index in [0.717, 1.165) is 42.9 Å². The number of thiophene rings is 1. The van der Waals surface area contributed by atoms with Crippen LogP contribution in [0.25, 0.3) is 0 Å². The zero-order chi connectivity index (χ0) is 19.9. The molecule has 1 fully saturated rings. The standard InChI is InChI=1S/C22H29N3O2S/c1-3-16(2)23-22(27)19-14-17(24-21(26)15-18-8-7-13-28-18)9-10-20(19)25-11-5-4-6-12-25/h7-10,13-14,16H,3-6,11-12,15H2,1-2H3,(H,23,27)(H,24,26)/t16-/m1/s1. The van der Waals surface area contributed by atoms with Gasteiger partial charge < -0.3 is 15.5 Å². The summed E-state index contributed by atoms with van der Waals surface area (Å²) in [5.74, 6) is -0.147. The fourth-order valence-electron chi connectivity index (χ4n) is 3.39. The Bertz CT molecular complexity index is 798. The van der Waals surface area contributed by atoms with Crippen LogP contribution in [-0.4, -0.2) is 30.9 Å². The summed E-state index contributed by atoms with van der Waals surface area (Å²) < 4.78 is 0. The minimum absolute atomic E-state index is 0.0681. The molecule has 5 nitrogen and oxygen atoms in total. The van der Waals surface area contributed by atoms with Crippen molar-refractivity contribution in [2.45, 2.75) is 52.0 Å². The summed E-state index contributed by atoms with van der Waals surface area (Å²) in [5, 5.41) is 7.97. The first kappa shape index (κ1) is 20.4. The van der Waals surface area contributed by atoms with Crippen LogP contribution in [0.5, 0.6) is 0 Å². The lowest BCUT2D eigenvalue weighted by molar-refractivity contribution is -0.115. The molecule has 0 aliphatic carbocycles. The molecule has 1 saturated heterocycles. The van der Waals surface area contributed by atoms with Gasteiger partial charge in [-0.15, -0.1) is 11.3 Å². The van der Waals surface area contributed by atoms with Crippen LogP contribution in [0.1, 0.15) is 54.8 Å². The van der Waals surface area contributed by atoms with E-state index in [-0.39, 0.29) is 17.9 Å². The van der Waals surface area contributed by atoms with Gasteiger partial charge in [0.25, 0.3) is 5.91 Å². The maximum Gasteiger partial charge on any atom is 0.253 e. The smallest absolute Gasteiger partial charge is 0.253 e. The van der Waals surface area contributed by atoms with Gasteiger partial charge in [0, 0.05) is 35.4 Å². The molecule has 0 unspecified atom stereocenters. The molecule has 1 aliphatic rings. The van der Waals surface area contributed by atoms with Crippen molar-refractivity contribution in [2.75, 3.05) is 23.3 Å². The Labute approximate surface area is 171 Å². The summed E-state index contributed by atoms with van der Waals surface area (Å²) in [4.78, 5) is 28.6. The zero-order valence-corrected chi connectivity index (χ0v) is 17.5. The minimum Gasteiger partial charge on any atom is -0.371 e. The van der Waals surface area contributed by atoms with E-state index in [0.29, 0.717) is 17.7 Å². The molecule has 1 atom stereocenters. The summed E-state index contributed by atoms with van der Waals surface area (Å²) >= 11 is 1.57. The average molecular weight is 400 g/mol. The molecule has 1 aromatic carbocycles. The molecule has 150 valence electrons. The van der Waals surface area contributed by atoms with Gasteiger partial charge in [0.15, 0.2) is 0 Å². The van der Waals surface area contributed by atoms with E-state index in [9.17, 15) is 9.59 Å². The van der Waals surface area contributed by atoms with Crippen LogP contribution in [-0.2, 0) is 11.2 Å². The molecule has 2 aromatic rings. The van der Waals surface area contributed by atoms with E-state index >= 15 is 0 Å². The molecule has 3 rings (SSSR count). The predicted octanol–water partition coefficient (Wildman–Crippen LogP) is 4.45. The average Bonchev–Trinajstić information content (AvgIpc) is 3.21. The lowest BCUT2D eigenvalue weighted by Crippen LogP contribution is -2.35. The summed E-state index contributed by atoms with van der Waals surface area (Å²) in [6.45, 7) is 5.99. The van der Waals surface area contributed by atoms with Crippen molar-refractivity contribution < 1.29 is 9.59 Å². The van der Waals surface area contributed by atoms with Crippen molar-refractivity contribution in [1.82, 2.24) is 5.32 Å². The normalized spacial score (nSPS) is 15.1. The van der Waals surface area contributed by atoms with Crippen LogP contribution < -0.4 is 15.5 Å². The molecule has 2 heterocycles. The highest BCUT2D eigenvalue weighted by atomic mass is 32.1. The van der Waals surface area contributed by atoms with Crippen LogP contribution in [0, 0.1) is 0 Å². The Kier molecular flexibility index (Phi) is 7.09. The molecule has 2 N–H and O–H groups in total. The maximum absolute atomic E-state index is 12.9. The van der Waals surface area contributed by atoms with Gasteiger partial charge in [-0.25, -0.2) is 0 Å².